The topological polar surface area (TPSA) is 188 Å². The first-order valence-electron chi connectivity index (χ1n) is 19.5. The second-order valence-corrected chi connectivity index (χ2v) is 15.8. The van der Waals surface area contributed by atoms with Crippen LogP contribution in [0.1, 0.15) is 70.7 Å². The van der Waals surface area contributed by atoms with Crippen molar-refractivity contribution in [2.45, 2.75) is 77.2 Å². The molecule has 5 aromatic rings. The molecular weight excluding hydrogens is 729 g/mol. The normalized spacial score (nSPS) is 21.2. The highest BCUT2D eigenvalue weighted by Gasteiger charge is 2.49. The Morgan fingerprint density at radius 2 is 1.35 bits per heavy atom. The third kappa shape index (κ3) is 6.88. The second-order valence-electron chi connectivity index (χ2n) is 15.8. The Morgan fingerprint density at radius 3 is 1.93 bits per heavy atom. The van der Waals surface area contributed by atoms with Crippen molar-refractivity contribution >= 4 is 45.9 Å². The van der Waals surface area contributed by atoms with Gasteiger partial charge in [0.2, 0.25) is 11.8 Å². The van der Waals surface area contributed by atoms with Crippen molar-refractivity contribution in [2.24, 2.45) is 17.8 Å². The number of nitrogens with zero attached hydrogens (tertiary/aromatic N) is 4. The lowest BCUT2D eigenvalue weighted by Gasteiger charge is -2.35. The summed E-state index contributed by atoms with van der Waals surface area (Å²) in [5.74, 6) is 0.901. The van der Waals surface area contributed by atoms with Crippen molar-refractivity contribution in [3.63, 3.8) is 0 Å². The van der Waals surface area contributed by atoms with E-state index in [4.69, 9.17) is 23.9 Å². The van der Waals surface area contributed by atoms with Crippen LogP contribution in [0.15, 0.2) is 65.4 Å². The molecule has 2 aromatic carbocycles. The van der Waals surface area contributed by atoms with Gasteiger partial charge in [0.25, 0.3) is 0 Å². The lowest BCUT2D eigenvalue weighted by atomic mass is 9.98. The van der Waals surface area contributed by atoms with Gasteiger partial charge < -0.3 is 44.3 Å². The highest BCUT2D eigenvalue weighted by molar-refractivity contribution is 6.06. The summed E-state index contributed by atoms with van der Waals surface area (Å²) < 4.78 is 16.0. The number of methoxy groups -OCH3 is 2. The van der Waals surface area contributed by atoms with Crippen LogP contribution in [0.2, 0.25) is 0 Å². The number of rotatable bonds is 10. The molecule has 15 nitrogen and oxygen atoms in total. The average Bonchev–Trinajstić information content (AvgIpc) is 4.07. The lowest BCUT2D eigenvalue weighted by Crippen LogP contribution is -2.53. The van der Waals surface area contributed by atoms with Crippen LogP contribution in [-0.2, 0) is 19.1 Å². The van der Waals surface area contributed by atoms with Crippen LogP contribution in [0.5, 0.6) is 0 Å². The van der Waals surface area contributed by atoms with Crippen molar-refractivity contribution in [3.8, 4) is 22.5 Å². The van der Waals surface area contributed by atoms with Gasteiger partial charge in [0.15, 0.2) is 0 Å². The number of H-pyrrole nitrogens is 2. The Labute approximate surface area is 329 Å². The molecule has 57 heavy (non-hydrogen) atoms. The molecule has 298 valence electrons. The number of ether oxygens (including phenoxy) is 2. The fraction of sp³-hybridized carbons (Fsp3) is 0.429. The summed E-state index contributed by atoms with van der Waals surface area (Å²) in [7, 11) is 2.57. The summed E-state index contributed by atoms with van der Waals surface area (Å²) in [6.45, 7) is 8.16. The minimum Gasteiger partial charge on any atom is -0.456 e. The summed E-state index contributed by atoms with van der Waals surface area (Å²) in [5.41, 5.74) is 4.81. The minimum absolute atomic E-state index is 0.0761. The van der Waals surface area contributed by atoms with E-state index in [0.29, 0.717) is 18.2 Å². The van der Waals surface area contributed by atoms with Gasteiger partial charge in [-0.3, -0.25) is 9.59 Å². The smallest absolute Gasteiger partial charge is 0.407 e. The Morgan fingerprint density at radius 1 is 0.789 bits per heavy atom. The molecule has 0 spiro atoms. The van der Waals surface area contributed by atoms with Gasteiger partial charge in [0.05, 0.1) is 56.1 Å². The molecule has 0 unspecified atom stereocenters. The van der Waals surface area contributed by atoms with Crippen LogP contribution in [0.25, 0.3) is 44.5 Å². The number of aromatic amines is 2. The number of alkyl carbamates (subject to hydrolysis) is 2. The SMILES string of the molecule is COC(=O)N[C@H](C(=O)N1CCC[C@H]1c1ncc(-c2ccc3c(c2)oc2cc(-c4cnc([C@@H]5[C@H]6C=C[C@H](C6)N5C(=O)[C@@H](NC(=O)OC)C(C)C)[nH]4)ccc23)[nH]1)C(C)C. The maximum atomic E-state index is 13.9. The molecule has 15 heteroatoms. The predicted molar refractivity (Wildman–Crippen MR) is 212 cm³/mol. The number of carbonyl (C=O) groups is 4. The van der Waals surface area contributed by atoms with Crippen molar-refractivity contribution < 1.29 is 33.1 Å². The van der Waals surface area contributed by atoms with Crippen LogP contribution >= 0.6 is 0 Å². The van der Waals surface area contributed by atoms with Gasteiger partial charge in [-0.25, -0.2) is 19.6 Å². The monoisotopic (exact) mass is 776 g/mol. The molecule has 2 aliphatic heterocycles. The summed E-state index contributed by atoms with van der Waals surface area (Å²) in [6, 6.07) is 10.1. The average molecular weight is 777 g/mol. The van der Waals surface area contributed by atoms with Crippen molar-refractivity contribution in [3.05, 3.63) is 72.6 Å². The van der Waals surface area contributed by atoms with E-state index in [1.165, 1.54) is 14.2 Å². The number of furan rings is 1. The van der Waals surface area contributed by atoms with E-state index < -0.39 is 24.3 Å². The minimum atomic E-state index is -0.734. The van der Waals surface area contributed by atoms with Gasteiger partial charge in [0.1, 0.15) is 34.9 Å². The third-order valence-corrected chi connectivity index (χ3v) is 11.6. The summed E-state index contributed by atoms with van der Waals surface area (Å²) in [5, 5.41) is 7.36. The van der Waals surface area contributed by atoms with Gasteiger partial charge in [0, 0.05) is 34.4 Å². The zero-order valence-electron chi connectivity index (χ0n) is 32.9. The summed E-state index contributed by atoms with van der Waals surface area (Å²) in [4.78, 5) is 71.7. The number of hydrogen-bond donors (Lipinski definition) is 4. The van der Waals surface area contributed by atoms with E-state index in [1.54, 1.807) is 17.3 Å². The molecule has 2 saturated heterocycles. The maximum absolute atomic E-state index is 13.9. The van der Waals surface area contributed by atoms with E-state index >= 15 is 0 Å². The molecule has 2 fully saturated rings. The Kier molecular flexibility index (Phi) is 10.0. The van der Waals surface area contributed by atoms with Crippen molar-refractivity contribution in [1.29, 1.82) is 0 Å². The van der Waals surface area contributed by atoms with Gasteiger partial charge >= 0.3 is 12.2 Å². The number of benzene rings is 2. The number of nitrogens with one attached hydrogen (secondary N) is 4. The van der Waals surface area contributed by atoms with E-state index in [2.05, 4.69) is 32.8 Å². The number of carbonyl (C=O) groups excluding carboxylic acids is 4. The molecule has 3 aromatic heterocycles. The van der Waals surface area contributed by atoms with Crippen LogP contribution in [0.3, 0.4) is 0 Å². The van der Waals surface area contributed by atoms with E-state index in [0.717, 1.165) is 63.7 Å². The maximum Gasteiger partial charge on any atom is 0.407 e. The van der Waals surface area contributed by atoms with Gasteiger partial charge in [-0.1, -0.05) is 52.0 Å². The number of imidazole rings is 2. The quantitative estimate of drug-likeness (QED) is 0.113. The number of hydrogen-bond acceptors (Lipinski definition) is 9. The summed E-state index contributed by atoms with van der Waals surface area (Å²) in [6.07, 6.45) is 8.89. The molecule has 0 saturated carbocycles. The number of likely N-dealkylation sites (tertiary alicyclic amines) is 2. The fourth-order valence-corrected chi connectivity index (χ4v) is 8.65. The molecule has 0 radical (unpaired) electrons. The highest BCUT2D eigenvalue weighted by Crippen LogP contribution is 2.46. The zero-order chi connectivity index (χ0) is 40.1. The number of amides is 4. The van der Waals surface area contributed by atoms with Gasteiger partial charge in [-0.05, 0) is 55.4 Å². The molecule has 8 rings (SSSR count). The van der Waals surface area contributed by atoms with Crippen LogP contribution in [0, 0.1) is 17.8 Å². The first kappa shape index (κ1) is 37.8. The van der Waals surface area contributed by atoms with E-state index in [9.17, 15) is 19.2 Å². The Bertz CT molecular complexity index is 2370. The Hall–Kier alpha value is -6.12. The van der Waals surface area contributed by atoms with E-state index in [-0.39, 0.29) is 47.7 Å². The van der Waals surface area contributed by atoms with Crippen LogP contribution in [0.4, 0.5) is 9.59 Å². The number of aromatic nitrogens is 4. The van der Waals surface area contributed by atoms with E-state index in [1.807, 2.05) is 69.0 Å². The van der Waals surface area contributed by atoms with Crippen LogP contribution < -0.4 is 10.6 Å². The Balaban J connectivity index is 1.02. The van der Waals surface area contributed by atoms with Gasteiger partial charge in [-0.15, -0.1) is 0 Å². The molecule has 5 heterocycles. The molecular formula is C42H48N8O7. The van der Waals surface area contributed by atoms with Crippen molar-refractivity contribution in [1.82, 2.24) is 40.4 Å². The first-order chi connectivity index (χ1) is 27.4. The zero-order valence-corrected chi connectivity index (χ0v) is 32.9. The summed E-state index contributed by atoms with van der Waals surface area (Å²) >= 11 is 0. The first-order valence-corrected chi connectivity index (χ1v) is 19.5. The van der Waals surface area contributed by atoms with Gasteiger partial charge in [-0.2, -0.15) is 0 Å². The second kappa shape index (κ2) is 15.1. The molecule has 6 atom stereocenters. The molecule has 4 N–H and O–H groups in total. The lowest BCUT2D eigenvalue weighted by molar-refractivity contribution is -0.137. The highest BCUT2D eigenvalue weighted by atomic mass is 16.5. The third-order valence-electron chi connectivity index (χ3n) is 11.6. The largest absolute Gasteiger partial charge is 0.456 e. The fourth-order valence-electron chi connectivity index (χ4n) is 8.65. The number of fused-ring (bicyclic) bond motifs is 5. The molecule has 4 amide bonds. The standard InChI is InChI=1S/C42H48N8O7/c1-21(2)34(47-41(53)55-5)39(51)49-15-7-8-31(49)37-43-19-29(45-37)23-10-13-27-28-14-11-24(18-33(28)57-32(27)17-23)30-20-44-38(46-30)36-25-9-12-26(16-25)50(36)40(52)35(22(3)4)48-42(54)56-6/h9-14,17-22,25-26,31,34-36H,7-8,15-16H2,1-6H3,(H,43,45)(H,44,46)(H,47,53)(H,48,54)/t25-,26+,31-,34-,35-,36-/m0/s1. The predicted octanol–water partition coefficient (Wildman–Crippen LogP) is 6.62. The molecule has 1 aliphatic carbocycles. The molecule has 2 bridgehead atoms. The van der Waals surface area contributed by atoms with Crippen LogP contribution in [-0.4, -0.2) is 92.6 Å². The van der Waals surface area contributed by atoms with Crippen molar-refractivity contribution in [2.75, 3.05) is 20.8 Å². The molecule has 3 aliphatic rings.